The van der Waals surface area contributed by atoms with Crippen LogP contribution in [0.15, 0.2) is 59.0 Å². The van der Waals surface area contributed by atoms with E-state index in [9.17, 15) is 4.79 Å². The van der Waals surface area contributed by atoms with Crippen LogP contribution in [0.2, 0.25) is 5.02 Å². The fourth-order valence-corrected chi connectivity index (χ4v) is 3.24. The maximum Gasteiger partial charge on any atom is 0.298 e. The molecular formula is C21H22ClN3O2S. The number of nitrogens with zero attached hydrogens (tertiary/aromatic N) is 2. The molecule has 0 unspecified atom stereocenters. The Labute approximate surface area is 174 Å². The molecule has 0 aliphatic heterocycles. The van der Waals surface area contributed by atoms with Crippen molar-refractivity contribution in [3.8, 4) is 0 Å². The van der Waals surface area contributed by atoms with Gasteiger partial charge in [-0.25, -0.2) is 0 Å². The topological polar surface area (TPSA) is 58.4 Å². The van der Waals surface area contributed by atoms with Gasteiger partial charge in [-0.3, -0.25) is 9.52 Å². The highest BCUT2D eigenvalue weighted by Gasteiger charge is 2.21. The third-order valence-corrected chi connectivity index (χ3v) is 4.91. The van der Waals surface area contributed by atoms with Gasteiger partial charge in [0, 0.05) is 24.4 Å². The molecule has 0 bridgehead atoms. The van der Waals surface area contributed by atoms with Gasteiger partial charge in [0.1, 0.15) is 5.76 Å². The molecule has 0 atom stereocenters. The summed E-state index contributed by atoms with van der Waals surface area (Å²) in [5.74, 6) is 0.253. The lowest BCUT2D eigenvalue weighted by atomic mass is 10.1. The number of hydrogen-bond acceptors (Lipinski definition) is 5. The van der Waals surface area contributed by atoms with E-state index in [0.29, 0.717) is 30.6 Å². The summed E-state index contributed by atoms with van der Waals surface area (Å²) in [5.41, 5.74) is 2.63. The van der Waals surface area contributed by atoms with Gasteiger partial charge in [-0.05, 0) is 36.6 Å². The minimum Gasteiger partial charge on any atom is -0.428 e. The third kappa shape index (κ3) is 5.30. The number of aryl methyl sites for hydroxylation is 1. The van der Waals surface area contributed by atoms with Crippen LogP contribution in [-0.2, 0) is 13.0 Å². The summed E-state index contributed by atoms with van der Waals surface area (Å²) in [6, 6.07) is 18.4. The van der Waals surface area contributed by atoms with Crippen LogP contribution in [-0.4, -0.2) is 23.7 Å². The molecule has 0 aliphatic carbocycles. The second-order valence-electron chi connectivity index (χ2n) is 6.32. The number of anilines is 1. The van der Waals surface area contributed by atoms with Crippen molar-refractivity contribution < 1.29 is 9.21 Å². The number of rotatable bonds is 8. The summed E-state index contributed by atoms with van der Waals surface area (Å²) in [6.07, 6.45) is 2.60. The van der Waals surface area contributed by atoms with Crippen molar-refractivity contribution in [2.75, 3.05) is 17.7 Å². The Balaban J connectivity index is 1.82. The summed E-state index contributed by atoms with van der Waals surface area (Å²) in [5, 5.41) is 0.720. The number of benzene rings is 2. The van der Waals surface area contributed by atoms with Crippen molar-refractivity contribution >= 4 is 35.5 Å². The number of carbonyl (C=O) groups is 1. The lowest BCUT2D eigenvalue weighted by molar-refractivity contribution is 0.0979. The van der Waals surface area contributed by atoms with Crippen molar-refractivity contribution in [2.45, 2.75) is 19.9 Å². The van der Waals surface area contributed by atoms with E-state index < -0.39 is 0 Å². The van der Waals surface area contributed by atoms with E-state index in [1.54, 1.807) is 13.2 Å². The average Bonchev–Trinajstić information content (AvgIpc) is 3.09. The molecular weight excluding hydrogens is 394 g/mol. The van der Waals surface area contributed by atoms with Crippen LogP contribution in [0.3, 0.4) is 0 Å². The molecule has 2 aromatic carbocycles. The van der Waals surface area contributed by atoms with Crippen LogP contribution in [0.5, 0.6) is 0 Å². The van der Waals surface area contributed by atoms with Crippen molar-refractivity contribution in [2.24, 2.45) is 0 Å². The lowest BCUT2D eigenvalue weighted by Gasteiger charge is -2.21. The van der Waals surface area contributed by atoms with E-state index in [4.69, 9.17) is 16.0 Å². The molecule has 0 radical (unpaired) electrons. The molecule has 7 heteroatoms. The molecule has 5 nitrogen and oxygen atoms in total. The van der Waals surface area contributed by atoms with Gasteiger partial charge in [0.2, 0.25) is 0 Å². The summed E-state index contributed by atoms with van der Waals surface area (Å²) in [4.78, 5) is 18.7. The molecule has 0 saturated heterocycles. The summed E-state index contributed by atoms with van der Waals surface area (Å²) >= 11 is 7.21. The smallest absolute Gasteiger partial charge is 0.298 e. The van der Waals surface area contributed by atoms with Gasteiger partial charge in [-0.2, -0.15) is 4.98 Å². The van der Waals surface area contributed by atoms with Crippen LogP contribution in [0, 0.1) is 6.92 Å². The largest absolute Gasteiger partial charge is 0.428 e. The Morgan fingerprint density at radius 2 is 1.86 bits per heavy atom. The second kappa shape index (κ2) is 9.66. The molecule has 0 saturated carbocycles. The van der Waals surface area contributed by atoms with Gasteiger partial charge >= 0.3 is 0 Å². The average molecular weight is 416 g/mol. The number of aromatic nitrogens is 1. The van der Waals surface area contributed by atoms with Crippen LogP contribution in [0.4, 0.5) is 6.01 Å². The molecule has 1 amide bonds. The van der Waals surface area contributed by atoms with Crippen LogP contribution < -0.4 is 9.62 Å². The predicted octanol–water partition coefficient (Wildman–Crippen LogP) is 4.89. The fourth-order valence-electron chi connectivity index (χ4n) is 2.83. The number of carbonyl (C=O) groups excluding carboxylic acids is 1. The maximum absolute atomic E-state index is 12.2. The maximum atomic E-state index is 12.2. The summed E-state index contributed by atoms with van der Waals surface area (Å²) < 4.78 is 8.54. The minimum absolute atomic E-state index is 0.252. The monoisotopic (exact) mass is 415 g/mol. The van der Waals surface area contributed by atoms with Crippen molar-refractivity contribution in [3.05, 3.63) is 82.2 Å². The molecule has 0 fully saturated rings. The fraction of sp³-hybridized carbons (Fsp3) is 0.238. The molecule has 3 aromatic rings. The van der Waals surface area contributed by atoms with E-state index in [0.717, 1.165) is 17.0 Å². The van der Waals surface area contributed by atoms with E-state index in [-0.39, 0.29) is 5.91 Å². The first-order valence-corrected chi connectivity index (χ1v) is 10.5. The zero-order valence-corrected chi connectivity index (χ0v) is 17.4. The second-order valence-corrected chi connectivity index (χ2v) is 7.37. The molecule has 0 aliphatic rings. The van der Waals surface area contributed by atoms with Crippen LogP contribution in [0.25, 0.3) is 0 Å². The first-order chi connectivity index (χ1) is 13.6. The number of oxazole rings is 1. The molecule has 1 N–H and O–H groups in total. The molecule has 0 spiro atoms. The van der Waals surface area contributed by atoms with Gasteiger partial charge in [0.25, 0.3) is 11.9 Å². The number of nitrogens with one attached hydrogen (secondary N) is 1. The van der Waals surface area contributed by atoms with Crippen LogP contribution >= 0.6 is 23.5 Å². The van der Waals surface area contributed by atoms with Crippen molar-refractivity contribution in [3.63, 3.8) is 0 Å². The van der Waals surface area contributed by atoms with E-state index in [1.807, 2.05) is 47.4 Å². The summed E-state index contributed by atoms with van der Waals surface area (Å²) in [7, 11) is 0. The Kier molecular flexibility index (Phi) is 7.01. The summed E-state index contributed by atoms with van der Waals surface area (Å²) in [6.45, 7) is 3.09. The minimum atomic E-state index is -0.252. The SMILES string of the molecule is CSNC(=O)c1nc(N(CCc2ccc(Cl)cc2)Cc2ccccc2)oc1C. The first-order valence-electron chi connectivity index (χ1n) is 8.91. The van der Waals surface area contributed by atoms with Crippen molar-refractivity contribution in [1.82, 2.24) is 9.71 Å². The number of amides is 1. The molecule has 146 valence electrons. The normalized spacial score (nSPS) is 10.7. The van der Waals surface area contributed by atoms with E-state index >= 15 is 0 Å². The Morgan fingerprint density at radius 3 is 2.54 bits per heavy atom. The molecule has 28 heavy (non-hydrogen) atoms. The number of hydrogen-bond donors (Lipinski definition) is 1. The standard InChI is InChI=1S/C21H22ClN3O2S/c1-15-19(20(26)24-28-2)23-21(27-15)25(14-17-6-4-3-5-7-17)13-12-16-8-10-18(22)11-9-16/h3-11H,12-14H2,1-2H3,(H,24,26). The van der Waals surface area contributed by atoms with E-state index in [1.165, 1.54) is 17.5 Å². The highest BCUT2D eigenvalue weighted by atomic mass is 35.5. The molecule has 3 rings (SSSR count). The Hall–Kier alpha value is -2.44. The van der Waals surface area contributed by atoms with Gasteiger partial charge in [-0.15, -0.1) is 0 Å². The first kappa shape index (κ1) is 20.3. The molecule has 1 aromatic heterocycles. The molecule has 1 heterocycles. The lowest BCUT2D eigenvalue weighted by Crippen LogP contribution is -2.26. The predicted molar refractivity (Wildman–Crippen MR) is 115 cm³/mol. The van der Waals surface area contributed by atoms with Crippen molar-refractivity contribution in [1.29, 1.82) is 0 Å². The number of halogens is 1. The zero-order valence-electron chi connectivity index (χ0n) is 15.8. The third-order valence-electron chi connectivity index (χ3n) is 4.27. The Bertz CT molecular complexity index is 913. The van der Waals surface area contributed by atoms with E-state index in [2.05, 4.69) is 21.8 Å². The van der Waals surface area contributed by atoms with Gasteiger partial charge in [0.15, 0.2) is 5.69 Å². The highest BCUT2D eigenvalue weighted by Crippen LogP contribution is 2.22. The quantitative estimate of drug-likeness (QED) is 0.530. The van der Waals surface area contributed by atoms with Gasteiger partial charge in [-0.1, -0.05) is 66.0 Å². The van der Waals surface area contributed by atoms with Gasteiger partial charge < -0.3 is 9.32 Å². The van der Waals surface area contributed by atoms with Crippen LogP contribution in [0.1, 0.15) is 27.4 Å². The zero-order chi connectivity index (χ0) is 19.9. The van der Waals surface area contributed by atoms with Gasteiger partial charge in [0.05, 0.1) is 0 Å². The highest BCUT2D eigenvalue weighted by molar-refractivity contribution is 7.97. The Morgan fingerprint density at radius 1 is 1.14 bits per heavy atom.